The van der Waals surface area contributed by atoms with Gasteiger partial charge in [0, 0.05) is 38.8 Å². The van der Waals surface area contributed by atoms with Crippen LogP contribution < -0.4 is 0 Å². The molecule has 6 heteroatoms. The van der Waals surface area contributed by atoms with Crippen LogP contribution in [0.1, 0.15) is 29.5 Å². The van der Waals surface area contributed by atoms with Crippen LogP contribution in [0.4, 0.5) is 0 Å². The number of piperidine rings is 3. The van der Waals surface area contributed by atoms with Crippen molar-refractivity contribution < 1.29 is 8.42 Å². The van der Waals surface area contributed by atoms with Gasteiger partial charge >= 0.3 is 0 Å². The molecule has 4 saturated heterocycles. The summed E-state index contributed by atoms with van der Waals surface area (Å²) < 4.78 is 28.2. The topological polar surface area (TPSA) is 43.9 Å². The Morgan fingerprint density at radius 1 is 0.885 bits per heavy atom. The van der Waals surface area contributed by atoms with E-state index in [1.54, 1.807) is 4.31 Å². The van der Waals surface area contributed by atoms with E-state index in [0.29, 0.717) is 24.0 Å². The largest absolute Gasteiger partial charge is 0.302 e. The Morgan fingerprint density at radius 3 is 1.96 bits per heavy atom. The van der Waals surface area contributed by atoms with Crippen molar-refractivity contribution in [3.63, 3.8) is 0 Å². The molecule has 4 fully saturated rings. The Bertz CT molecular complexity index is 753. The molecule has 5 nitrogen and oxygen atoms in total. The monoisotopic (exact) mass is 377 g/mol. The van der Waals surface area contributed by atoms with E-state index in [4.69, 9.17) is 0 Å². The minimum Gasteiger partial charge on any atom is -0.302 e. The quantitative estimate of drug-likeness (QED) is 0.808. The minimum absolute atomic E-state index is 0.513. The van der Waals surface area contributed by atoms with Crippen molar-refractivity contribution in [3.05, 3.63) is 28.8 Å². The first kappa shape index (κ1) is 18.4. The average molecular weight is 378 g/mol. The predicted octanol–water partition coefficient (Wildman–Crippen LogP) is 2.01. The van der Waals surface area contributed by atoms with Gasteiger partial charge in [-0.1, -0.05) is 17.7 Å². The molecule has 2 bridgehead atoms. The molecule has 26 heavy (non-hydrogen) atoms. The molecule has 1 unspecified atom stereocenters. The molecule has 1 aromatic carbocycles. The van der Waals surface area contributed by atoms with Crippen molar-refractivity contribution in [3.8, 4) is 0 Å². The Balaban J connectivity index is 1.48. The number of hydrogen-bond donors (Lipinski definition) is 0. The van der Waals surface area contributed by atoms with Crippen LogP contribution in [0, 0.1) is 26.7 Å². The molecule has 5 rings (SSSR count). The number of fused-ring (bicyclic) bond motifs is 3. The number of sulfonamides is 1. The van der Waals surface area contributed by atoms with E-state index in [2.05, 4.69) is 9.80 Å². The summed E-state index contributed by atoms with van der Waals surface area (Å²) in [5.74, 6) is 0.810. The van der Waals surface area contributed by atoms with E-state index in [0.717, 1.165) is 35.7 Å². The normalized spacial score (nSPS) is 30.7. The third-order valence-electron chi connectivity index (χ3n) is 6.57. The Hall–Kier alpha value is -0.950. The standard InChI is InChI=1S/C20H31N3O2S/c1-15-12-16(2)20(17(3)13-15)26(24,25)23-10-8-22(9-11-23)19-14-21-6-4-18(19)5-7-21/h12-13,18-19H,4-11,14H2,1-3H3. The summed E-state index contributed by atoms with van der Waals surface area (Å²) in [7, 11) is -3.41. The fourth-order valence-corrected chi connectivity index (χ4v) is 7.16. The predicted molar refractivity (Wildman–Crippen MR) is 104 cm³/mol. The summed E-state index contributed by atoms with van der Waals surface area (Å²) in [5, 5.41) is 0. The van der Waals surface area contributed by atoms with Crippen molar-refractivity contribution in [2.24, 2.45) is 5.92 Å². The number of hydrogen-bond acceptors (Lipinski definition) is 4. The first-order chi connectivity index (χ1) is 12.4. The van der Waals surface area contributed by atoms with E-state index in [9.17, 15) is 8.42 Å². The Morgan fingerprint density at radius 2 is 1.46 bits per heavy atom. The lowest BCUT2D eigenvalue weighted by Crippen LogP contribution is -2.61. The molecular formula is C20H31N3O2S. The Kier molecular flexibility index (Phi) is 4.88. The van der Waals surface area contributed by atoms with Gasteiger partial charge in [-0.15, -0.1) is 0 Å². The zero-order valence-corrected chi connectivity index (χ0v) is 17.1. The minimum atomic E-state index is -3.41. The highest BCUT2D eigenvalue weighted by Crippen LogP contribution is 2.32. The number of benzene rings is 1. The maximum Gasteiger partial charge on any atom is 0.243 e. The van der Waals surface area contributed by atoms with Gasteiger partial charge < -0.3 is 4.90 Å². The first-order valence-electron chi connectivity index (χ1n) is 9.90. The highest BCUT2D eigenvalue weighted by Gasteiger charge is 2.40. The summed E-state index contributed by atoms with van der Waals surface area (Å²) in [4.78, 5) is 5.64. The van der Waals surface area contributed by atoms with Gasteiger partial charge in [-0.3, -0.25) is 4.90 Å². The molecule has 0 aliphatic carbocycles. The molecule has 4 aliphatic rings. The fourth-order valence-electron chi connectivity index (χ4n) is 5.33. The van der Waals surface area contributed by atoms with Crippen LogP contribution in [0.2, 0.25) is 0 Å². The van der Waals surface area contributed by atoms with Crippen LogP contribution in [0.5, 0.6) is 0 Å². The molecule has 0 aromatic heterocycles. The third kappa shape index (κ3) is 3.21. The van der Waals surface area contributed by atoms with Crippen molar-refractivity contribution in [2.75, 3.05) is 45.8 Å². The van der Waals surface area contributed by atoms with Gasteiger partial charge in [-0.05, 0) is 63.7 Å². The second-order valence-electron chi connectivity index (χ2n) is 8.37. The van der Waals surface area contributed by atoms with E-state index >= 15 is 0 Å². The van der Waals surface area contributed by atoms with Crippen LogP contribution in [0.3, 0.4) is 0 Å². The summed E-state index contributed by atoms with van der Waals surface area (Å²) in [6.07, 6.45) is 2.62. The van der Waals surface area contributed by atoms with Crippen molar-refractivity contribution in [2.45, 2.75) is 44.6 Å². The molecule has 4 heterocycles. The number of nitrogens with zero attached hydrogens (tertiary/aromatic N) is 3. The molecule has 1 atom stereocenters. The average Bonchev–Trinajstić information content (AvgIpc) is 2.61. The zero-order chi connectivity index (χ0) is 18.5. The maximum atomic E-state index is 13.2. The lowest BCUT2D eigenvalue weighted by Gasteiger charge is -2.50. The van der Waals surface area contributed by atoms with Gasteiger partial charge in [0.05, 0.1) is 4.90 Å². The summed E-state index contributed by atoms with van der Waals surface area (Å²) in [6.45, 7) is 12.5. The van der Waals surface area contributed by atoms with Gasteiger partial charge in [0.25, 0.3) is 0 Å². The lowest BCUT2D eigenvalue weighted by molar-refractivity contribution is -0.00660. The van der Waals surface area contributed by atoms with Gasteiger partial charge in [-0.25, -0.2) is 8.42 Å². The molecular weight excluding hydrogens is 346 g/mol. The van der Waals surface area contributed by atoms with E-state index in [-0.39, 0.29) is 0 Å². The highest BCUT2D eigenvalue weighted by atomic mass is 32.2. The van der Waals surface area contributed by atoms with Crippen LogP contribution in [0.25, 0.3) is 0 Å². The third-order valence-corrected chi connectivity index (χ3v) is 8.77. The molecule has 0 radical (unpaired) electrons. The fraction of sp³-hybridized carbons (Fsp3) is 0.700. The lowest BCUT2D eigenvalue weighted by atomic mass is 9.83. The number of piperazine rings is 1. The molecule has 0 spiro atoms. The van der Waals surface area contributed by atoms with Crippen LogP contribution in [-0.2, 0) is 10.0 Å². The van der Waals surface area contributed by atoms with E-state index in [1.165, 1.54) is 32.5 Å². The van der Waals surface area contributed by atoms with Crippen LogP contribution >= 0.6 is 0 Å². The van der Waals surface area contributed by atoms with Gasteiger partial charge in [0.1, 0.15) is 0 Å². The van der Waals surface area contributed by atoms with Gasteiger partial charge in [0.2, 0.25) is 10.0 Å². The number of aryl methyl sites for hydroxylation is 3. The summed E-state index contributed by atoms with van der Waals surface area (Å²) in [5.41, 5.74) is 2.84. The maximum absolute atomic E-state index is 13.2. The highest BCUT2D eigenvalue weighted by molar-refractivity contribution is 7.89. The van der Waals surface area contributed by atoms with E-state index in [1.807, 2.05) is 32.9 Å². The molecule has 1 aromatic rings. The molecule has 0 saturated carbocycles. The zero-order valence-electron chi connectivity index (χ0n) is 16.2. The number of rotatable bonds is 3. The van der Waals surface area contributed by atoms with Crippen LogP contribution in [0.15, 0.2) is 17.0 Å². The van der Waals surface area contributed by atoms with E-state index < -0.39 is 10.0 Å². The second-order valence-corrected chi connectivity index (χ2v) is 10.2. The molecule has 144 valence electrons. The summed E-state index contributed by atoms with van der Waals surface area (Å²) in [6, 6.07) is 4.58. The smallest absolute Gasteiger partial charge is 0.243 e. The van der Waals surface area contributed by atoms with Gasteiger partial charge in [-0.2, -0.15) is 4.31 Å². The molecule has 4 aliphatic heterocycles. The Labute approximate surface area is 158 Å². The SMILES string of the molecule is Cc1cc(C)c(S(=O)(=O)N2CCN(C3CN4CCC3CC4)CC2)c(C)c1. The second kappa shape index (κ2) is 6.89. The van der Waals surface area contributed by atoms with Crippen molar-refractivity contribution >= 4 is 10.0 Å². The summed E-state index contributed by atoms with van der Waals surface area (Å²) >= 11 is 0. The first-order valence-corrected chi connectivity index (χ1v) is 11.3. The van der Waals surface area contributed by atoms with Crippen LogP contribution in [-0.4, -0.2) is 74.4 Å². The van der Waals surface area contributed by atoms with Crippen molar-refractivity contribution in [1.82, 2.24) is 14.1 Å². The van der Waals surface area contributed by atoms with Crippen molar-refractivity contribution in [1.29, 1.82) is 0 Å². The van der Waals surface area contributed by atoms with Gasteiger partial charge in [0.15, 0.2) is 0 Å². The molecule has 0 amide bonds. The molecule has 0 N–H and O–H groups in total.